The second-order valence-electron chi connectivity index (χ2n) is 9.34. The lowest BCUT2D eigenvalue weighted by Gasteiger charge is -2.20. The molecule has 11 heteroatoms. The van der Waals surface area contributed by atoms with Gasteiger partial charge < -0.3 is 14.8 Å². The number of carbonyl (C=O) groups excluding carboxylic acids is 1. The highest BCUT2D eigenvalue weighted by Crippen LogP contribution is 2.37. The van der Waals surface area contributed by atoms with Crippen molar-refractivity contribution in [2.24, 2.45) is 0 Å². The Morgan fingerprint density at radius 1 is 1.16 bits per heavy atom. The van der Waals surface area contributed by atoms with Gasteiger partial charge in [-0.05, 0) is 49.2 Å². The predicted octanol–water partition coefficient (Wildman–Crippen LogP) is 4.96. The first-order chi connectivity index (χ1) is 18.2. The average Bonchev–Trinajstić information content (AvgIpc) is 3.62. The van der Waals surface area contributed by atoms with Crippen molar-refractivity contribution in [1.82, 2.24) is 23.9 Å². The Labute approximate surface area is 219 Å². The van der Waals surface area contributed by atoms with Crippen LogP contribution in [0.1, 0.15) is 32.9 Å². The first kappa shape index (κ1) is 24.2. The highest BCUT2D eigenvalue weighted by molar-refractivity contribution is 7.17. The van der Waals surface area contributed by atoms with Crippen LogP contribution >= 0.6 is 9.24 Å². The lowest BCUT2D eigenvalue weighted by Crippen LogP contribution is -2.21. The van der Waals surface area contributed by atoms with Gasteiger partial charge in [0.1, 0.15) is 0 Å². The zero-order chi connectivity index (χ0) is 26.4. The maximum Gasteiger partial charge on any atom is 0.283 e. The molecule has 0 bridgehead atoms. The second-order valence-corrected chi connectivity index (χ2v) is 10.1. The maximum atomic E-state index is 14.3. The predicted molar refractivity (Wildman–Crippen MR) is 144 cm³/mol. The molecular weight excluding hydrogens is 507 g/mol. The molecule has 2 aromatic carbocycles. The van der Waals surface area contributed by atoms with Crippen LogP contribution in [0.3, 0.4) is 0 Å². The number of halogens is 2. The van der Waals surface area contributed by atoms with E-state index in [1.54, 1.807) is 29.2 Å². The third kappa shape index (κ3) is 4.63. The van der Waals surface area contributed by atoms with E-state index in [4.69, 9.17) is 0 Å². The summed E-state index contributed by atoms with van der Waals surface area (Å²) in [6, 6.07) is 9.92. The molecule has 4 heterocycles. The van der Waals surface area contributed by atoms with Gasteiger partial charge in [0.15, 0.2) is 5.65 Å². The smallest absolute Gasteiger partial charge is 0.283 e. The average molecular weight is 532 g/mol. The van der Waals surface area contributed by atoms with E-state index < -0.39 is 11.6 Å². The van der Waals surface area contributed by atoms with Gasteiger partial charge in [0, 0.05) is 53.3 Å². The molecule has 0 saturated carbocycles. The molecule has 5 aromatic rings. The van der Waals surface area contributed by atoms with Gasteiger partial charge in [-0.25, -0.2) is 9.97 Å². The number of amides is 1. The van der Waals surface area contributed by atoms with Crippen LogP contribution in [-0.2, 0) is 18.6 Å². The number of imidazole rings is 2. The summed E-state index contributed by atoms with van der Waals surface area (Å²) in [7, 11) is 1.53. The fourth-order valence-electron chi connectivity index (χ4n) is 4.74. The van der Waals surface area contributed by atoms with Crippen LogP contribution in [-0.4, -0.2) is 36.4 Å². The Kier molecular flexibility index (Phi) is 5.91. The summed E-state index contributed by atoms with van der Waals surface area (Å²) < 4.78 is 32.2. The number of alkyl halides is 2. The van der Waals surface area contributed by atoms with Crippen LogP contribution in [0.2, 0.25) is 0 Å². The molecule has 1 aliphatic heterocycles. The van der Waals surface area contributed by atoms with Crippen molar-refractivity contribution in [3.63, 3.8) is 0 Å². The van der Waals surface area contributed by atoms with E-state index in [1.165, 1.54) is 33.3 Å². The molecule has 0 fully saturated rings. The van der Waals surface area contributed by atoms with Gasteiger partial charge in [0.2, 0.25) is 0 Å². The van der Waals surface area contributed by atoms with Crippen molar-refractivity contribution in [1.29, 1.82) is 0 Å². The van der Waals surface area contributed by atoms with Crippen LogP contribution in [0.5, 0.6) is 0 Å². The molecule has 192 valence electrons. The quantitative estimate of drug-likeness (QED) is 0.313. The molecule has 8 nitrogen and oxygen atoms in total. The van der Waals surface area contributed by atoms with Crippen molar-refractivity contribution in [2.75, 3.05) is 16.8 Å². The lowest BCUT2D eigenvalue weighted by molar-refractivity contribution is 0.101. The lowest BCUT2D eigenvalue weighted by atomic mass is 10.1. The number of carbonyl (C=O) groups is 1. The molecule has 0 saturated heterocycles. The minimum Gasteiger partial charge on any atom is -0.365 e. The highest BCUT2D eigenvalue weighted by Gasteiger charge is 2.27. The van der Waals surface area contributed by atoms with E-state index >= 15 is 0 Å². The number of benzene rings is 2. The number of rotatable bonds is 6. The fraction of sp³-hybridized carbons (Fsp3) is 0.185. The standard InChI is InChI=1S/C27H24F2N7OP/c1-17-14-35(16-32-17)22-9-19(8-20(10-22)27(28,29)38)26(37)33-21-3-2-18-4-6-34(24(18)11-21)15-23-12-31-25-13-30-5-7-36(23)25/h2-3,5,7-14,16H,4,6,15,38H2,1H3,(H,33,37). The van der Waals surface area contributed by atoms with Crippen LogP contribution in [0.15, 0.2) is 73.7 Å². The van der Waals surface area contributed by atoms with Crippen molar-refractivity contribution < 1.29 is 13.6 Å². The number of nitrogens with zero attached hydrogens (tertiary/aromatic N) is 6. The molecule has 38 heavy (non-hydrogen) atoms. The summed E-state index contributed by atoms with van der Waals surface area (Å²) in [6.45, 7) is 3.29. The van der Waals surface area contributed by atoms with Crippen LogP contribution in [0.25, 0.3) is 11.3 Å². The topological polar surface area (TPSA) is 80.4 Å². The molecule has 1 atom stereocenters. The van der Waals surface area contributed by atoms with E-state index in [0.29, 0.717) is 17.9 Å². The number of hydrogen-bond acceptors (Lipinski definition) is 5. The summed E-state index contributed by atoms with van der Waals surface area (Å²) in [5.41, 5.74) is 2.43. The molecule has 1 N–H and O–H groups in total. The highest BCUT2D eigenvalue weighted by atomic mass is 31.0. The molecule has 3 aromatic heterocycles. The number of nitrogens with one attached hydrogen (secondary N) is 1. The Balaban J connectivity index is 1.27. The van der Waals surface area contributed by atoms with Crippen LogP contribution in [0, 0.1) is 6.92 Å². The van der Waals surface area contributed by atoms with Crippen LogP contribution in [0.4, 0.5) is 20.2 Å². The van der Waals surface area contributed by atoms with E-state index in [0.717, 1.165) is 35.7 Å². The van der Waals surface area contributed by atoms with Gasteiger partial charge in [-0.1, -0.05) is 15.3 Å². The third-order valence-corrected chi connectivity index (χ3v) is 6.99. The summed E-state index contributed by atoms with van der Waals surface area (Å²) in [5.74, 6) is -0.474. The Bertz CT molecular complexity index is 1670. The second kappa shape index (κ2) is 9.29. The van der Waals surface area contributed by atoms with E-state index in [9.17, 15) is 13.6 Å². The van der Waals surface area contributed by atoms with Crippen LogP contribution < -0.4 is 10.2 Å². The summed E-state index contributed by atoms with van der Waals surface area (Å²) in [4.78, 5) is 28.2. The maximum absolute atomic E-state index is 14.3. The fourth-order valence-corrected chi connectivity index (χ4v) is 4.91. The van der Waals surface area contributed by atoms with Gasteiger partial charge in [-0.2, -0.15) is 8.78 Å². The minimum absolute atomic E-state index is 0.127. The number of hydrogen-bond donors (Lipinski definition) is 1. The molecule has 1 amide bonds. The first-order valence-corrected chi connectivity index (χ1v) is 12.6. The molecule has 0 spiro atoms. The summed E-state index contributed by atoms with van der Waals surface area (Å²) in [5, 5.41) is 2.89. The Morgan fingerprint density at radius 2 is 2.03 bits per heavy atom. The molecule has 1 unspecified atom stereocenters. The normalized spacial score (nSPS) is 13.2. The molecular formula is C27H24F2N7OP. The molecule has 0 aliphatic carbocycles. The van der Waals surface area contributed by atoms with E-state index in [1.807, 2.05) is 41.9 Å². The molecule has 0 radical (unpaired) electrons. The Hall–Kier alpha value is -4.17. The van der Waals surface area contributed by atoms with Gasteiger partial charge >= 0.3 is 0 Å². The number of fused-ring (bicyclic) bond motifs is 2. The van der Waals surface area contributed by atoms with Gasteiger partial charge in [0.25, 0.3) is 11.6 Å². The number of anilines is 2. The zero-order valence-electron chi connectivity index (χ0n) is 20.5. The monoisotopic (exact) mass is 531 g/mol. The molecule has 1 aliphatic rings. The van der Waals surface area contributed by atoms with E-state index in [2.05, 4.69) is 25.2 Å². The van der Waals surface area contributed by atoms with E-state index in [-0.39, 0.29) is 11.1 Å². The number of aromatic nitrogens is 5. The third-order valence-electron chi connectivity index (χ3n) is 6.66. The van der Waals surface area contributed by atoms with Gasteiger partial charge in [-0.3, -0.25) is 14.2 Å². The largest absolute Gasteiger partial charge is 0.365 e. The van der Waals surface area contributed by atoms with Gasteiger partial charge in [-0.15, -0.1) is 0 Å². The van der Waals surface area contributed by atoms with Gasteiger partial charge in [0.05, 0.1) is 36.7 Å². The van der Waals surface area contributed by atoms with Crippen molar-refractivity contribution in [3.8, 4) is 5.69 Å². The van der Waals surface area contributed by atoms with Crippen molar-refractivity contribution in [3.05, 3.63) is 102 Å². The first-order valence-electron chi connectivity index (χ1n) is 12.0. The Morgan fingerprint density at radius 3 is 2.82 bits per heavy atom. The summed E-state index contributed by atoms with van der Waals surface area (Å²) in [6.07, 6.45) is 11.3. The SMILES string of the molecule is Cc1cn(-c2cc(C(=O)Nc3ccc4c(c3)N(Cc3cnc5cnccn35)CC4)cc(C(F)(F)P)c2)cn1. The van der Waals surface area contributed by atoms with Crippen molar-refractivity contribution in [2.45, 2.75) is 25.6 Å². The van der Waals surface area contributed by atoms with Crippen molar-refractivity contribution >= 4 is 32.2 Å². The molecule has 6 rings (SSSR count). The number of aryl methyl sites for hydroxylation is 1. The summed E-state index contributed by atoms with van der Waals surface area (Å²) >= 11 is 0. The zero-order valence-corrected chi connectivity index (χ0v) is 21.6. The minimum atomic E-state index is -3.19.